The Balaban J connectivity index is 0.000000135. The molecule has 0 spiro atoms. The molecule has 4 aromatic heterocycles. The average molecular weight is 422 g/mol. The van der Waals surface area contributed by atoms with E-state index in [0.29, 0.717) is 0 Å². The average Bonchev–Trinajstić information content (AvgIpc) is 3.44. The van der Waals surface area contributed by atoms with Crippen LogP contribution in [0.4, 0.5) is 0 Å². The van der Waals surface area contributed by atoms with Gasteiger partial charge in [-0.2, -0.15) is 0 Å². The van der Waals surface area contributed by atoms with E-state index in [0.717, 1.165) is 44.3 Å². The van der Waals surface area contributed by atoms with Crippen LogP contribution in [0.2, 0.25) is 0 Å². The first-order valence-electron chi connectivity index (χ1n) is 9.80. The topological polar surface area (TPSA) is 124 Å². The summed E-state index contributed by atoms with van der Waals surface area (Å²) in [5.74, 6) is 0.532. The second-order valence-electron chi connectivity index (χ2n) is 7.16. The summed E-state index contributed by atoms with van der Waals surface area (Å²) < 4.78 is 0. The van der Waals surface area contributed by atoms with Gasteiger partial charge in [0, 0.05) is 69.1 Å². The molecule has 0 saturated heterocycles. The van der Waals surface area contributed by atoms with Gasteiger partial charge in [0.25, 0.3) is 0 Å². The largest absolute Gasteiger partial charge is 0.508 e. The predicted molar refractivity (Wildman–Crippen MR) is 122 cm³/mol. The minimum Gasteiger partial charge on any atom is -0.508 e. The number of phenolic OH excluding ortho intramolecular Hbond substituents is 2. The molecule has 0 radical (unpaired) electrons. The molecule has 0 fully saturated rings. The molecule has 8 nitrogen and oxygen atoms in total. The Morgan fingerprint density at radius 2 is 0.938 bits per heavy atom. The number of H-pyrrole nitrogens is 2. The molecule has 4 N–H and O–H groups in total. The van der Waals surface area contributed by atoms with E-state index in [1.165, 1.54) is 12.7 Å². The van der Waals surface area contributed by atoms with Crippen LogP contribution in [0, 0.1) is 0 Å². The molecule has 2 aromatic carbocycles. The summed E-state index contributed by atoms with van der Waals surface area (Å²) in [6.07, 6.45) is 9.99. The van der Waals surface area contributed by atoms with Crippen molar-refractivity contribution in [1.29, 1.82) is 0 Å². The Morgan fingerprint density at radius 1 is 0.531 bits per heavy atom. The first-order chi connectivity index (χ1) is 15.7. The quantitative estimate of drug-likeness (QED) is 0.322. The summed E-state index contributed by atoms with van der Waals surface area (Å²) in [6.45, 7) is 0. The van der Waals surface area contributed by atoms with Crippen molar-refractivity contribution in [2.24, 2.45) is 0 Å². The van der Waals surface area contributed by atoms with Crippen LogP contribution in [0.5, 0.6) is 11.5 Å². The fraction of sp³-hybridized carbons (Fsp3) is 0. The summed E-state index contributed by atoms with van der Waals surface area (Å²) in [6, 6.07) is 14.4. The number of rotatable bonds is 2. The Bertz CT molecular complexity index is 1380. The Labute approximate surface area is 182 Å². The number of phenols is 2. The third-order valence-electron chi connectivity index (χ3n) is 4.95. The lowest BCUT2D eigenvalue weighted by Gasteiger charge is -1.93. The highest BCUT2D eigenvalue weighted by molar-refractivity contribution is 5.87. The molecule has 0 atom stereocenters. The van der Waals surface area contributed by atoms with E-state index < -0.39 is 0 Å². The Kier molecular flexibility index (Phi) is 4.93. The van der Waals surface area contributed by atoms with Gasteiger partial charge >= 0.3 is 0 Å². The molecule has 156 valence electrons. The van der Waals surface area contributed by atoms with E-state index in [2.05, 4.69) is 29.9 Å². The lowest BCUT2D eigenvalue weighted by molar-refractivity contribution is 0.475. The van der Waals surface area contributed by atoms with Gasteiger partial charge in [-0.1, -0.05) is 0 Å². The summed E-state index contributed by atoms with van der Waals surface area (Å²) in [5, 5.41) is 20.7. The summed E-state index contributed by atoms with van der Waals surface area (Å²) in [7, 11) is 0. The second-order valence-corrected chi connectivity index (χ2v) is 7.16. The first kappa shape index (κ1) is 19.3. The molecule has 0 aliphatic heterocycles. The van der Waals surface area contributed by atoms with E-state index >= 15 is 0 Å². The van der Waals surface area contributed by atoms with Gasteiger partial charge in [0.15, 0.2) is 0 Å². The van der Waals surface area contributed by atoms with E-state index in [1.807, 2.05) is 24.3 Å². The molecule has 32 heavy (non-hydrogen) atoms. The van der Waals surface area contributed by atoms with Crippen molar-refractivity contribution in [3.05, 3.63) is 86.0 Å². The molecule has 6 aromatic rings. The van der Waals surface area contributed by atoms with Gasteiger partial charge in [0.1, 0.15) is 24.2 Å². The lowest BCUT2D eigenvalue weighted by atomic mass is 10.2. The van der Waals surface area contributed by atoms with Crippen molar-refractivity contribution < 1.29 is 10.2 Å². The van der Waals surface area contributed by atoms with Crippen molar-refractivity contribution in [1.82, 2.24) is 29.9 Å². The number of hydrogen-bond donors (Lipinski definition) is 4. The molecule has 0 bridgehead atoms. The van der Waals surface area contributed by atoms with Crippen LogP contribution >= 0.6 is 0 Å². The summed E-state index contributed by atoms with van der Waals surface area (Å²) >= 11 is 0. The minimum absolute atomic E-state index is 0.266. The van der Waals surface area contributed by atoms with Crippen LogP contribution in [-0.2, 0) is 0 Å². The van der Waals surface area contributed by atoms with Crippen LogP contribution in [-0.4, -0.2) is 40.1 Å². The Hall–Kier alpha value is -4.72. The molecule has 0 amide bonds. The van der Waals surface area contributed by atoms with Crippen molar-refractivity contribution in [2.75, 3.05) is 0 Å². The number of aromatic nitrogens is 6. The zero-order chi connectivity index (χ0) is 21.9. The number of nitrogens with one attached hydrogen (secondary N) is 2. The van der Waals surface area contributed by atoms with E-state index in [4.69, 9.17) is 0 Å². The molecule has 0 saturated carbocycles. The first-order valence-corrected chi connectivity index (χ1v) is 9.80. The molecular weight excluding hydrogens is 404 g/mol. The lowest BCUT2D eigenvalue weighted by Crippen LogP contribution is -1.80. The van der Waals surface area contributed by atoms with Gasteiger partial charge in [0.2, 0.25) is 0 Å². The molecule has 0 aliphatic carbocycles. The molecule has 0 unspecified atom stereocenters. The van der Waals surface area contributed by atoms with Gasteiger partial charge < -0.3 is 20.2 Å². The third kappa shape index (κ3) is 3.97. The predicted octanol–water partition coefficient (Wildman–Crippen LogP) is 4.66. The number of nitrogens with zero attached hydrogens (tertiary/aromatic N) is 4. The molecule has 6 rings (SSSR count). The fourth-order valence-corrected chi connectivity index (χ4v) is 3.43. The van der Waals surface area contributed by atoms with E-state index in [1.54, 1.807) is 49.1 Å². The highest BCUT2D eigenvalue weighted by atomic mass is 16.3. The molecule has 0 aliphatic rings. The van der Waals surface area contributed by atoms with E-state index in [9.17, 15) is 10.2 Å². The zero-order valence-electron chi connectivity index (χ0n) is 16.8. The maximum atomic E-state index is 9.37. The maximum Gasteiger partial charge on any atom is 0.116 e. The van der Waals surface area contributed by atoms with Gasteiger partial charge in [-0.15, -0.1) is 0 Å². The SMILES string of the molecule is Oc1ccc2[nH]c(-c3cncnc3)cc2c1.Oc1ccc2[nH]c(-c3cncnc3)cc2c1. The number of aromatic hydroxyl groups is 2. The Morgan fingerprint density at radius 3 is 1.34 bits per heavy atom. The molecular formula is C24H18N6O2. The highest BCUT2D eigenvalue weighted by Gasteiger charge is 2.05. The monoisotopic (exact) mass is 422 g/mol. The van der Waals surface area contributed by atoms with Crippen LogP contribution in [0.1, 0.15) is 0 Å². The van der Waals surface area contributed by atoms with Crippen LogP contribution in [0.3, 0.4) is 0 Å². The van der Waals surface area contributed by atoms with Crippen LogP contribution < -0.4 is 0 Å². The number of fused-ring (bicyclic) bond motifs is 2. The zero-order valence-corrected chi connectivity index (χ0v) is 16.8. The van der Waals surface area contributed by atoms with Crippen LogP contribution in [0.25, 0.3) is 44.3 Å². The van der Waals surface area contributed by atoms with Gasteiger partial charge in [-0.25, -0.2) is 19.9 Å². The number of hydrogen-bond acceptors (Lipinski definition) is 6. The molecule has 4 heterocycles. The maximum absolute atomic E-state index is 9.37. The van der Waals surface area contributed by atoms with Gasteiger partial charge in [0.05, 0.1) is 0 Å². The highest BCUT2D eigenvalue weighted by Crippen LogP contribution is 2.26. The third-order valence-corrected chi connectivity index (χ3v) is 4.95. The normalized spacial score (nSPS) is 10.8. The van der Waals surface area contributed by atoms with E-state index in [-0.39, 0.29) is 11.5 Å². The molecule has 8 heteroatoms. The second kappa shape index (κ2) is 8.19. The number of benzene rings is 2. The van der Waals surface area contributed by atoms with Crippen molar-refractivity contribution in [2.45, 2.75) is 0 Å². The van der Waals surface area contributed by atoms with Gasteiger partial charge in [-0.05, 0) is 48.5 Å². The van der Waals surface area contributed by atoms with Gasteiger partial charge in [-0.3, -0.25) is 0 Å². The van der Waals surface area contributed by atoms with Crippen molar-refractivity contribution in [3.8, 4) is 34.0 Å². The van der Waals surface area contributed by atoms with Crippen molar-refractivity contribution in [3.63, 3.8) is 0 Å². The smallest absolute Gasteiger partial charge is 0.116 e. The van der Waals surface area contributed by atoms with Crippen molar-refractivity contribution >= 4 is 21.8 Å². The number of aromatic amines is 2. The fourth-order valence-electron chi connectivity index (χ4n) is 3.43. The van der Waals surface area contributed by atoms with Crippen LogP contribution in [0.15, 0.2) is 86.0 Å². The minimum atomic E-state index is 0.266. The summed E-state index contributed by atoms with van der Waals surface area (Å²) in [4.78, 5) is 22.4. The standard InChI is InChI=1S/2C12H9N3O/c2*16-10-1-2-11-8(3-10)4-12(15-11)9-5-13-7-14-6-9/h2*1-7,15-16H. The summed E-state index contributed by atoms with van der Waals surface area (Å²) in [5.41, 5.74) is 5.71.